The van der Waals surface area contributed by atoms with Gasteiger partial charge in [0, 0.05) is 17.6 Å². The summed E-state index contributed by atoms with van der Waals surface area (Å²) in [5, 5.41) is 0. The minimum Gasteiger partial charge on any atom is -0.397 e. The maximum Gasteiger partial charge on any atom is 0.0602 e. The smallest absolute Gasteiger partial charge is 0.0602 e. The fourth-order valence-electron chi connectivity index (χ4n) is 1.98. The molecule has 0 heterocycles. The lowest BCUT2D eigenvalue weighted by atomic mass is 10.2. The molecule has 0 bridgehead atoms. The number of benzene rings is 2. The first kappa shape index (κ1) is 13.0. The Morgan fingerprint density at radius 2 is 1.72 bits per heavy atom. The van der Waals surface area contributed by atoms with Gasteiger partial charge in [0.2, 0.25) is 0 Å². The Morgan fingerprint density at radius 3 is 2.39 bits per heavy atom. The molecule has 0 radical (unpaired) electrons. The second-order valence-corrected chi connectivity index (χ2v) is 5.02. The van der Waals surface area contributed by atoms with E-state index in [0.717, 1.165) is 28.9 Å². The van der Waals surface area contributed by atoms with Gasteiger partial charge in [0.15, 0.2) is 0 Å². The van der Waals surface area contributed by atoms with Gasteiger partial charge in [0.1, 0.15) is 0 Å². The van der Waals surface area contributed by atoms with Crippen LogP contribution in [0.15, 0.2) is 53.0 Å². The van der Waals surface area contributed by atoms with Crippen LogP contribution in [0.1, 0.15) is 12.5 Å². The monoisotopic (exact) mass is 304 g/mol. The van der Waals surface area contributed by atoms with Crippen molar-refractivity contribution in [2.45, 2.75) is 13.5 Å². The lowest BCUT2D eigenvalue weighted by Crippen LogP contribution is -2.23. The SMILES string of the molecule is CCN(Cc1ccccc1Br)c1ccccc1N. The van der Waals surface area contributed by atoms with Crippen molar-refractivity contribution < 1.29 is 0 Å². The zero-order valence-corrected chi connectivity index (χ0v) is 12.0. The van der Waals surface area contributed by atoms with Gasteiger partial charge in [-0.05, 0) is 30.7 Å². The van der Waals surface area contributed by atoms with Crippen LogP contribution >= 0.6 is 15.9 Å². The van der Waals surface area contributed by atoms with E-state index in [-0.39, 0.29) is 0 Å². The summed E-state index contributed by atoms with van der Waals surface area (Å²) >= 11 is 3.59. The van der Waals surface area contributed by atoms with Crippen LogP contribution in [-0.4, -0.2) is 6.54 Å². The molecule has 0 aliphatic carbocycles. The van der Waals surface area contributed by atoms with Gasteiger partial charge in [0.25, 0.3) is 0 Å². The number of hydrogen-bond donors (Lipinski definition) is 1. The molecule has 2 rings (SSSR count). The summed E-state index contributed by atoms with van der Waals surface area (Å²) in [4.78, 5) is 2.27. The first-order chi connectivity index (χ1) is 8.72. The van der Waals surface area contributed by atoms with Crippen LogP contribution in [0.2, 0.25) is 0 Å². The normalized spacial score (nSPS) is 10.3. The van der Waals surface area contributed by atoms with E-state index >= 15 is 0 Å². The van der Waals surface area contributed by atoms with Gasteiger partial charge < -0.3 is 10.6 Å². The van der Waals surface area contributed by atoms with E-state index in [0.29, 0.717) is 0 Å². The number of halogens is 1. The number of rotatable bonds is 4. The molecule has 94 valence electrons. The quantitative estimate of drug-likeness (QED) is 0.863. The van der Waals surface area contributed by atoms with Gasteiger partial charge in [-0.3, -0.25) is 0 Å². The highest BCUT2D eigenvalue weighted by atomic mass is 79.9. The van der Waals surface area contributed by atoms with Gasteiger partial charge >= 0.3 is 0 Å². The average molecular weight is 305 g/mol. The highest BCUT2D eigenvalue weighted by Crippen LogP contribution is 2.26. The zero-order valence-electron chi connectivity index (χ0n) is 10.4. The summed E-state index contributed by atoms with van der Waals surface area (Å²) in [6.45, 7) is 3.92. The third-order valence-electron chi connectivity index (χ3n) is 2.98. The topological polar surface area (TPSA) is 29.3 Å². The summed E-state index contributed by atoms with van der Waals surface area (Å²) in [5.74, 6) is 0. The Hall–Kier alpha value is -1.48. The molecule has 0 spiro atoms. The maximum absolute atomic E-state index is 6.04. The summed E-state index contributed by atoms with van der Waals surface area (Å²) in [7, 11) is 0. The number of nitrogens with two attached hydrogens (primary N) is 1. The van der Waals surface area contributed by atoms with Crippen LogP contribution in [0.3, 0.4) is 0 Å². The number of anilines is 2. The van der Waals surface area contributed by atoms with Crippen molar-refractivity contribution in [3.63, 3.8) is 0 Å². The largest absolute Gasteiger partial charge is 0.397 e. The van der Waals surface area contributed by atoms with Gasteiger partial charge in [0.05, 0.1) is 11.4 Å². The molecule has 2 N–H and O–H groups in total. The van der Waals surface area contributed by atoms with Crippen molar-refractivity contribution in [2.24, 2.45) is 0 Å². The van der Waals surface area contributed by atoms with E-state index in [1.165, 1.54) is 5.56 Å². The Kier molecular flexibility index (Phi) is 4.26. The van der Waals surface area contributed by atoms with Gasteiger partial charge in [-0.2, -0.15) is 0 Å². The summed E-state index contributed by atoms with van der Waals surface area (Å²) in [6.07, 6.45) is 0. The lowest BCUT2D eigenvalue weighted by molar-refractivity contribution is 0.830. The predicted molar refractivity (Wildman–Crippen MR) is 81.7 cm³/mol. The van der Waals surface area contributed by atoms with Crippen LogP contribution in [0.4, 0.5) is 11.4 Å². The van der Waals surface area contributed by atoms with Crippen molar-refractivity contribution in [2.75, 3.05) is 17.2 Å². The molecule has 0 saturated carbocycles. The van der Waals surface area contributed by atoms with E-state index in [1.54, 1.807) is 0 Å². The minimum atomic E-state index is 0.825. The Labute approximate surface area is 117 Å². The Morgan fingerprint density at radius 1 is 1.06 bits per heavy atom. The van der Waals surface area contributed by atoms with Crippen molar-refractivity contribution in [1.29, 1.82) is 0 Å². The van der Waals surface area contributed by atoms with Gasteiger partial charge in [-0.25, -0.2) is 0 Å². The van der Waals surface area contributed by atoms with Crippen molar-refractivity contribution in [1.82, 2.24) is 0 Å². The first-order valence-corrected chi connectivity index (χ1v) is 6.84. The fourth-order valence-corrected chi connectivity index (χ4v) is 2.39. The van der Waals surface area contributed by atoms with Crippen LogP contribution in [-0.2, 0) is 6.54 Å². The van der Waals surface area contributed by atoms with Crippen LogP contribution in [0.5, 0.6) is 0 Å². The lowest BCUT2D eigenvalue weighted by Gasteiger charge is -2.25. The van der Waals surface area contributed by atoms with Crippen molar-refractivity contribution in [3.05, 3.63) is 58.6 Å². The zero-order chi connectivity index (χ0) is 13.0. The van der Waals surface area contributed by atoms with E-state index < -0.39 is 0 Å². The van der Waals surface area contributed by atoms with Crippen molar-refractivity contribution in [3.8, 4) is 0 Å². The van der Waals surface area contributed by atoms with Gasteiger partial charge in [-0.1, -0.05) is 46.3 Å². The Balaban J connectivity index is 2.26. The second kappa shape index (κ2) is 5.91. The minimum absolute atomic E-state index is 0.825. The molecule has 0 aromatic heterocycles. The van der Waals surface area contributed by atoms with E-state index in [1.807, 2.05) is 24.3 Å². The molecule has 18 heavy (non-hydrogen) atoms. The molecule has 2 nitrogen and oxygen atoms in total. The number of para-hydroxylation sites is 2. The molecule has 0 fully saturated rings. The average Bonchev–Trinajstić information content (AvgIpc) is 2.39. The van der Waals surface area contributed by atoms with Crippen molar-refractivity contribution >= 4 is 27.3 Å². The summed E-state index contributed by atoms with van der Waals surface area (Å²) < 4.78 is 1.14. The van der Waals surface area contributed by atoms with Crippen LogP contribution in [0.25, 0.3) is 0 Å². The highest BCUT2D eigenvalue weighted by molar-refractivity contribution is 9.10. The predicted octanol–water partition coefficient (Wildman–Crippen LogP) is 4.06. The fraction of sp³-hybridized carbons (Fsp3) is 0.200. The number of nitrogens with zero attached hydrogens (tertiary/aromatic N) is 1. The molecular weight excluding hydrogens is 288 g/mol. The van der Waals surface area contributed by atoms with E-state index in [2.05, 4.69) is 52.0 Å². The summed E-state index contributed by atoms with van der Waals surface area (Å²) in [5.41, 5.74) is 9.22. The van der Waals surface area contributed by atoms with E-state index in [9.17, 15) is 0 Å². The molecule has 0 amide bonds. The maximum atomic E-state index is 6.04. The third-order valence-corrected chi connectivity index (χ3v) is 3.75. The molecule has 2 aromatic rings. The molecule has 3 heteroatoms. The first-order valence-electron chi connectivity index (χ1n) is 6.05. The van der Waals surface area contributed by atoms with Crippen LogP contribution < -0.4 is 10.6 Å². The molecule has 0 aliphatic rings. The molecule has 0 aliphatic heterocycles. The molecule has 0 saturated heterocycles. The molecule has 0 atom stereocenters. The summed E-state index contributed by atoms with van der Waals surface area (Å²) in [6, 6.07) is 16.3. The molecule has 2 aromatic carbocycles. The highest BCUT2D eigenvalue weighted by Gasteiger charge is 2.09. The second-order valence-electron chi connectivity index (χ2n) is 4.16. The van der Waals surface area contributed by atoms with Crippen LogP contribution in [0, 0.1) is 0 Å². The van der Waals surface area contributed by atoms with Gasteiger partial charge in [-0.15, -0.1) is 0 Å². The molecular formula is C15H17BrN2. The number of nitrogen functional groups attached to an aromatic ring is 1. The third kappa shape index (κ3) is 2.85. The molecule has 0 unspecified atom stereocenters. The standard InChI is InChI=1S/C15H17BrN2/c1-2-18(15-10-6-5-9-14(15)17)11-12-7-3-4-8-13(12)16/h3-10H,2,11,17H2,1H3. The number of hydrogen-bond acceptors (Lipinski definition) is 2. The Bertz CT molecular complexity index is 525. The van der Waals surface area contributed by atoms with E-state index in [4.69, 9.17) is 5.73 Å².